The first-order chi connectivity index (χ1) is 11.1. The van der Waals surface area contributed by atoms with E-state index in [1.54, 1.807) is 6.92 Å². The second kappa shape index (κ2) is 6.38. The smallest absolute Gasteiger partial charge is 0.341 e. The summed E-state index contributed by atoms with van der Waals surface area (Å²) < 4.78 is 5.08. The number of carbonyl (C=O) groups excluding carboxylic acids is 1. The summed E-state index contributed by atoms with van der Waals surface area (Å²) in [7, 11) is 0. The summed E-state index contributed by atoms with van der Waals surface area (Å²) in [4.78, 5) is 16.1. The molecular formula is C17H16Cl2N2O2. The van der Waals surface area contributed by atoms with Crippen molar-refractivity contribution in [3.8, 4) is 0 Å². The summed E-state index contributed by atoms with van der Waals surface area (Å²) >= 11 is 12.3. The Kier molecular flexibility index (Phi) is 4.46. The van der Waals surface area contributed by atoms with E-state index in [1.807, 2.05) is 18.2 Å². The van der Waals surface area contributed by atoms with E-state index in [-0.39, 0.29) is 22.3 Å². The van der Waals surface area contributed by atoms with E-state index in [2.05, 4.69) is 22.4 Å². The molecule has 6 heteroatoms. The molecule has 3 rings (SSSR count). The Morgan fingerprint density at radius 3 is 2.61 bits per heavy atom. The van der Waals surface area contributed by atoms with E-state index < -0.39 is 5.97 Å². The van der Waals surface area contributed by atoms with Gasteiger partial charge in [0.05, 0.1) is 17.8 Å². The minimum Gasteiger partial charge on any atom is -0.462 e. The minimum absolute atomic E-state index is 0.158. The molecule has 0 saturated heterocycles. The van der Waals surface area contributed by atoms with E-state index >= 15 is 0 Å². The van der Waals surface area contributed by atoms with Crippen LogP contribution in [0.15, 0.2) is 36.5 Å². The maximum Gasteiger partial charge on any atom is 0.341 e. The lowest BCUT2D eigenvalue weighted by Crippen LogP contribution is -2.21. The Hall–Kier alpha value is -1.78. The van der Waals surface area contributed by atoms with Crippen LogP contribution in [0, 0.1) is 0 Å². The molecule has 0 aliphatic heterocycles. The summed E-state index contributed by atoms with van der Waals surface area (Å²) in [6.07, 6.45) is 3.31. The van der Waals surface area contributed by atoms with Crippen molar-refractivity contribution >= 4 is 34.9 Å². The van der Waals surface area contributed by atoms with Crippen molar-refractivity contribution in [2.75, 3.05) is 11.9 Å². The number of anilines is 1. The molecule has 0 radical (unpaired) electrons. The summed E-state index contributed by atoms with van der Waals surface area (Å²) in [5, 5.41) is 3.80. The van der Waals surface area contributed by atoms with Crippen LogP contribution in [0.25, 0.3) is 0 Å². The van der Waals surface area contributed by atoms with Gasteiger partial charge >= 0.3 is 5.97 Å². The molecule has 1 aliphatic rings. The molecule has 1 saturated carbocycles. The highest BCUT2D eigenvalue weighted by Gasteiger charge is 2.45. The van der Waals surface area contributed by atoms with Crippen LogP contribution in [0.3, 0.4) is 0 Å². The number of ether oxygens (including phenoxy) is 1. The number of aromatic nitrogens is 1. The monoisotopic (exact) mass is 350 g/mol. The first-order valence-corrected chi connectivity index (χ1v) is 8.18. The molecule has 0 amide bonds. The molecule has 1 heterocycles. The molecule has 0 spiro atoms. The van der Waals surface area contributed by atoms with Crippen molar-refractivity contribution in [3.63, 3.8) is 0 Å². The fourth-order valence-corrected chi connectivity index (χ4v) is 2.90. The van der Waals surface area contributed by atoms with E-state index in [1.165, 1.54) is 6.20 Å². The van der Waals surface area contributed by atoms with E-state index in [9.17, 15) is 4.79 Å². The molecular weight excluding hydrogens is 335 g/mol. The van der Waals surface area contributed by atoms with Gasteiger partial charge in [0, 0.05) is 6.20 Å². The van der Waals surface area contributed by atoms with Gasteiger partial charge in [-0.3, -0.25) is 0 Å². The molecule has 0 unspecified atom stereocenters. The zero-order chi connectivity index (χ0) is 16.4. The van der Waals surface area contributed by atoms with Crippen molar-refractivity contribution in [1.82, 2.24) is 4.98 Å². The van der Waals surface area contributed by atoms with E-state index in [0.717, 1.165) is 18.4 Å². The predicted octanol–water partition coefficient (Wildman–Crippen LogP) is 4.67. The van der Waals surface area contributed by atoms with Gasteiger partial charge < -0.3 is 10.1 Å². The number of benzene rings is 1. The molecule has 1 aliphatic carbocycles. The Labute approximate surface area is 144 Å². The van der Waals surface area contributed by atoms with Gasteiger partial charge in [-0.25, -0.2) is 9.78 Å². The molecule has 1 aromatic heterocycles. The zero-order valence-corrected chi connectivity index (χ0v) is 14.1. The quantitative estimate of drug-likeness (QED) is 0.628. The molecule has 1 N–H and O–H groups in total. The highest BCUT2D eigenvalue weighted by Crippen LogP contribution is 2.50. The van der Waals surface area contributed by atoms with Crippen LogP contribution < -0.4 is 5.32 Å². The predicted molar refractivity (Wildman–Crippen MR) is 91.2 cm³/mol. The molecule has 1 fully saturated rings. The number of carbonyl (C=O) groups is 1. The summed E-state index contributed by atoms with van der Waals surface area (Å²) in [5.41, 5.74) is 1.70. The van der Waals surface area contributed by atoms with Gasteiger partial charge in [0.1, 0.15) is 15.7 Å². The molecule has 1 aromatic carbocycles. The molecule has 0 bridgehead atoms. The van der Waals surface area contributed by atoms with Gasteiger partial charge in [0.25, 0.3) is 0 Å². The maximum absolute atomic E-state index is 12.2. The van der Waals surface area contributed by atoms with Gasteiger partial charge in [0.2, 0.25) is 0 Å². The topological polar surface area (TPSA) is 51.2 Å². The standard InChI is InChI=1S/C17H16Cl2N2O2/c1-2-23-16(22)12-10-20-15(19)13(18)14(12)21-17(8-9-17)11-6-4-3-5-7-11/h3-7,10H,2,8-9H2,1H3,(H,20,21). The number of esters is 1. The lowest BCUT2D eigenvalue weighted by Gasteiger charge is -2.22. The molecule has 120 valence electrons. The Morgan fingerprint density at radius 2 is 2.00 bits per heavy atom. The van der Waals surface area contributed by atoms with Crippen molar-refractivity contribution in [1.29, 1.82) is 0 Å². The summed E-state index contributed by atoms with van der Waals surface area (Å²) in [6, 6.07) is 10.1. The van der Waals surface area contributed by atoms with E-state index in [0.29, 0.717) is 11.3 Å². The van der Waals surface area contributed by atoms with Gasteiger partial charge in [-0.1, -0.05) is 53.5 Å². The third-order valence-electron chi connectivity index (χ3n) is 3.91. The average Bonchev–Trinajstić information content (AvgIpc) is 3.34. The number of hydrogen-bond donors (Lipinski definition) is 1. The Morgan fingerprint density at radius 1 is 1.30 bits per heavy atom. The van der Waals surface area contributed by atoms with Crippen LogP contribution in [0.1, 0.15) is 35.7 Å². The molecule has 0 atom stereocenters. The van der Waals surface area contributed by atoms with Crippen LogP contribution >= 0.6 is 23.2 Å². The highest BCUT2D eigenvalue weighted by molar-refractivity contribution is 6.43. The number of nitrogens with zero attached hydrogens (tertiary/aromatic N) is 1. The van der Waals surface area contributed by atoms with E-state index in [4.69, 9.17) is 27.9 Å². The number of pyridine rings is 1. The second-order valence-corrected chi connectivity index (χ2v) is 6.18. The van der Waals surface area contributed by atoms with Crippen LogP contribution in [-0.2, 0) is 10.3 Å². The summed E-state index contributed by atoms with van der Waals surface area (Å²) in [6.45, 7) is 2.03. The molecule has 4 nitrogen and oxygen atoms in total. The fourth-order valence-electron chi connectivity index (χ4n) is 2.56. The van der Waals surface area contributed by atoms with Crippen molar-refractivity contribution in [3.05, 3.63) is 57.8 Å². The highest BCUT2D eigenvalue weighted by atomic mass is 35.5. The van der Waals surface area contributed by atoms with Gasteiger partial charge in [-0.05, 0) is 25.3 Å². The number of halogens is 2. The van der Waals surface area contributed by atoms with Crippen LogP contribution in [0.5, 0.6) is 0 Å². The number of hydrogen-bond acceptors (Lipinski definition) is 4. The Bertz CT molecular complexity index is 731. The SMILES string of the molecule is CCOC(=O)c1cnc(Cl)c(Cl)c1NC1(c2ccccc2)CC1. The maximum atomic E-state index is 12.2. The third-order valence-corrected chi connectivity index (χ3v) is 4.66. The first kappa shape index (κ1) is 16.1. The average molecular weight is 351 g/mol. The van der Waals surface area contributed by atoms with Crippen molar-refractivity contribution in [2.45, 2.75) is 25.3 Å². The number of rotatable bonds is 5. The van der Waals surface area contributed by atoms with Crippen molar-refractivity contribution in [2.24, 2.45) is 0 Å². The normalized spacial score (nSPS) is 15.1. The van der Waals surface area contributed by atoms with Crippen LogP contribution in [0.4, 0.5) is 5.69 Å². The van der Waals surface area contributed by atoms with Gasteiger partial charge in [-0.15, -0.1) is 0 Å². The zero-order valence-electron chi connectivity index (χ0n) is 12.6. The third kappa shape index (κ3) is 3.14. The molecule has 2 aromatic rings. The number of nitrogens with one attached hydrogen (secondary N) is 1. The van der Waals surface area contributed by atoms with Crippen LogP contribution in [0.2, 0.25) is 10.2 Å². The first-order valence-electron chi connectivity index (χ1n) is 7.42. The van der Waals surface area contributed by atoms with Gasteiger partial charge in [0.15, 0.2) is 0 Å². The lowest BCUT2D eigenvalue weighted by atomic mass is 10.0. The van der Waals surface area contributed by atoms with Crippen molar-refractivity contribution < 1.29 is 9.53 Å². The minimum atomic E-state index is -0.468. The summed E-state index contributed by atoms with van der Waals surface area (Å²) in [5.74, 6) is -0.468. The van der Waals surface area contributed by atoms with Crippen LogP contribution in [-0.4, -0.2) is 17.6 Å². The Balaban J connectivity index is 1.99. The largest absolute Gasteiger partial charge is 0.462 e. The van der Waals surface area contributed by atoms with Gasteiger partial charge in [-0.2, -0.15) is 0 Å². The molecule has 23 heavy (non-hydrogen) atoms. The fraction of sp³-hybridized carbons (Fsp3) is 0.294. The second-order valence-electron chi connectivity index (χ2n) is 5.45. The lowest BCUT2D eigenvalue weighted by molar-refractivity contribution is 0.0527.